The summed E-state index contributed by atoms with van der Waals surface area (Å²) in [4.78, 5) is 0. The van der Waals surface area contributed by atoms with E-state index < -0.39 is 10.0 Å². The molecule has 1 aromatic carbocycles. The molecule has 1 rings (SSSR count). The average Bonchev–Trinajstić information content (AvgIpc) is 2.39. The molecule has 0 saturated carbocycles. The number of sulfonamides is 1. The molecule has 1 aromatic rings. The average molecular weight is 350 g/mol. The molecule has 108 valence electrons. The smallest absolute Gasteiger partial charge is 0.211 e. The zero-order valence-electron chi connectivity index (χ0n) is 11.0. The first-order chi connectivity index (χ1) is 9.07. The highest BCUT2D eigenvalue weighted by Gasteiger charge is 2.17. The number of nitrogens with one attached hydrogen (secondary N) is 1. The highest BCUT2D eigenvalue weighted by atomic mass is 79.9. The molecule has 0 aromatic heterocycles. The monoisotopic (exact) mass is 349 g/mol. The molecule has 0 heterocycles. The van der Waals surface area contributed by atoms with Gasteiger partial charge in [-0.05, 0) is 18.4 Å². The minimum absolute atomic E-state index is 0.0964. The van der Waals surface area contributed by atoms with Crippen LogP contribution in [0.5, 0.6) is 0 Å². The van der Waals surface area contributed by atoms with Gasteiger partial charge in [0.1, 0.15) is 0 Å². The van der Waals surface area contributed by atoms with Crippen LogP contribution < -0.4 is 4.72 Å². The predicted octanol–water partition coefficient (Wildman–Crippen LogP) is 1.95. The van der Waals surface area contributed by atoms with Crippen molar-refractivity contribution in [2.75, 3.05) is 24.8 Å². The van der Waals surface area contributed by atoms with Gasteiger partial charge in [-0.1, -0.05) is 46.3 Å². The number of rotatable bonds is 9. The Morgan fingerprint density at radius 2 is 2.00 bits per heavy atom. The van der Waals surface area contributed by atoms with Crippen molar-refractivity contribution < 1.29 is 13.2 Å². The molecule has 1 N–H and O–H groups in total. The Morgan fingerprint density at radius 1 is 1.32 bits per heavy atom. The topological polar surface area (TPSA) is 55.4 Å². The molecule has 0 aliphatic rings. The molecule has 0 amide bonds. The second-order valence-electron chi connectivity index (χ2n) is 4.32. The van der Waals surface area contributed by atoms with Gasteiger partial charge in [0.2, 0.25) is 10.0 Å². The van der Waals surface area contributed by atoms with Crippen molar-refractivity contribution in [3.63, 3.8) is 0 Å². The first-order valence-corrected chi connectivity index (χ1v) is 8.93. The quantitative estimate of drug-likeness (QED) is 0.547. The molecule has 0 radical (unpaired) electrons. The molecule has 0 bridgehead atoms. The van der Waals surface area contributed by atoms with Crippen molar-refractivity contribution >= 4 is 26.0 Å². The van der Waals surface area contributed by atoms with Gasteiger partial charge >= 0.3 is 0 Å². The Kier molecular flexibility index (Phi) is 7.60. The van der Waals surface area contributed by atoms with E-state index in [-0.39, 0.29) is 11.8 Å². The van der Waals surface area contributed by atoms with Crippen LogP contribution in [0.4, 0.5) is 0 Å². The lowest BCUT2D eigenvalue weighted by Gasteiger charge is -2.16. The maximum absolute atomic E-state index is 11.9. The third-order valence-electron chi connectivity index (χ3n) is 2.62. The molecule has 0 aliphatic heterocycles. The lowest BCUT2D eigenvalue weighted by atomic mass is 10.1. The first kappa shape index (κ1) is 16.6. The Labute approximate surface area is 123 Å². The molecule has 4 nitrogen and oxygen atoms in total. The molecule has 19 heavy (non-hydrogen) atoms. The molecule has 6 heteroatoms. The fourth-order valence-electron chi connectivity index (χ4n) is 1.73. The normalized spacial score (nSPS) is 13.4. The standard InChI is InChI=1S/C13H20BrNO3S/c1-18-8-5-9-19(16,17)15-13(11-14)10-12-6-3-2-4-7-12/h2-4,6-7,13,15H,5,8-11H2,1H3. The summed E-state index contributed by atoms with van der Waals surface area (Å²) in [5.74, 6) is 0.0964. The molecular formula is C13H20BrNO3S. The van der Waals surface area contributed by atoms with E-state index in [1.807, 2.05) is 30.3 Å². The Hall–Kier alpha value is -0.430. The van der Waals surface area contributed by atoms with Crippen molar-refractivity contribution in [2.45, 2.75) is 18.9 Å². The van der Waals surface area contributed by atoms with Crippen LogP contribution >= 0.6 is 15.9 Å². The zero-order chi connectivity index (χ0) is 14.1. The van der Waals surface area contributed by atoms with Crippen LogP contribution in [0.25, 0.3) is 0 Å². The predicted molar refractivity (Wildman–Crippen MR) is 81.1 cm³/mol. The van der Waals surface area contributed by atoms with Gasteiger partial charge in [0.25, 0.3) is 0 Å². The largest absolute Gasteiger partial charge is 0.385 e. The van der Waals surface area contributed by atoms with Crippen molar-refractivity contribution in [2.24, 2.45) is 0 Å². The number of halogens is 1. The Balaban J connectivity index is 2.52. The molecular weight excluding hydrogens is 330 g/mol. The number of hydrogen-bond donors (Lipinski definition) is 1. The van der Waals surface area contributed by atoms with Crippen LogP contribution in [0.2, 0.25) is 0 Å². The van der Waals surface area contributed by atoms with E-state index in [1.54, 1.807) is 7.11 Å². The lowest BCUT2D eigenvalue weighted by Crippen LogP contribution is -2.39. The van der Waals surface area contributed by atoms with Crippen molar-refractivity contribution in [3.8, 4) is 0 Å². The molecule has 1 atom stereocenters. The Bertz CT molecular complexity index is 450. The fourth-order valence-corrected chi connectivity index (χ4v) is 3.63. The van der Waals surface area contributed by atoms with Crippen LogP contribution in [-0.4, -0.2) is 39.3 Å². The maximum atomic E-state index is 11.9. The summed E-state index contributed by atoms with van der Waals surface area (Å²) in [7, 11) is -1.68. The van der Waals surface area contributed by atoms with Crippen LogP contribution in [0.1, 0.15) is 12.0 Å². The van der Waals surface area contributed by atoms with E-state index in [2.05, 4.69) is 20.7 Å². The van der Waals surface area contributed by atoms with Crippen molar-refractivity contribution in [1.82, 2.24) is 4.72 Å². The third kappa shape index (κ3) is 7.06. The van der Waals surface area contributed by atoms with Gasteiger partial charge in [-0.25, -0.2) is 13.1 Å². The van der Waals surface area contributed by atoms with Crippen molar-refractivity contribution in [1.29, 1.82) is 0 Å². The van der Waals surface area contributed by atoms with E-state index >= 15 is 0 Å². The van der Waals surface area contributed by atoms with Gasteiger partial charge in [-0.15, -0.1) is 0 Å². The summed E-state index contributed by atoms with van der Waals surface area (Å²) in [6.07, 6.45) is 1.18. The van der Waals surface area contributed by atoms with E-state index in [0.29, 0.717) is 24.8 Å². The van der Waals surface area contributed by atoms with Gasteiger partial charge in [0.15, 0.2) is 0 Å². The molecule has 0 aliphatic carbocycles. The van der Waals surface area contributed by atoms with Gasteiger partial charge in [0.05, 0.1) is 5.75 Å². The van der Waals surface area contributed by atoms with E-state index in [0.717, 1.165) is 5.56 Å². The van der Waals surface area contributed by atoms with E-state index in [4.69, 9.17) is 4.74 Å². The molecule has 0 saturated heterocycles. The third-order valence-corrected chi connectivity index (χ3v) is 4.92. The number of benzene rings is 1. The Morgan fingerprint density at radius 3 is 2.58 bits per heavy atom. The van der Waals surface area contributed by atoms with Crippen LogP contribution in [0.3, 0.4) is 0 Å². The van der Waals surface area contributed by atoms with Gasteiger partial charge in [-0.2, -0.15) is 0 Å². The van der Waals surface area contributed by atoms with E-state index in [1.165, 1.54) is 0 Å². The molecule has 0 spiro atoms. The maximum Gasteiger partial charge on any atom is 0.211 e. The number of methoxy groups -OCH3 is 1. The highest BCUT2D eigenvalue weighted by Crippen LogP contribution is 2.06. The summed E-state index contributed by atoms with van der Waals surface area (Å²) in [5.41, 5.74) is 1.12. The minimum Gasteiger partial charge on any atom is -0.385 e. The molecule has 0 fully saturated rings. The number of hydrogen-bond acceptors (Lipinski definition) is 3. The number of ether oxygens (including phenoxy) is 1. The summed E-state index contributed by atoms with van der Waals surface area (Å²) in [6.45, 7) is 0.457. The van der Waals surface area contributed by atoms with Gasteiger partial charge in [0, 0.05) is 25.1 Å². The second-order valence-corrected chi connectivity index (χ2v) is 6.84. The first-order valence-electron chi connectivity index (χ1n) is 6.16. The van der Waals surface area contributed by atoms with Crippen molar-refractivity contribution in [3.05, 3.63) is 35.9 Å². The highest BCUT2D eigenvalue weighted by molar-refractivity contribution is 9.09. The summed E-state index contributed by atoms with van der Waals surface area (Å²) < 4.78 is 31.3. The summed E-state index contributed by atoms with van der Waals surface area (Å²) in [6, 6.07) is 9.71. The summed E-state index contributed by atoms with van der Waals surface area (Å²) in [5, 5.41) is 0.589. The fraction of sp³-hybridized carbons (Fsp3) is 0.538. The van der Waals surface area contributed by atoms with E-state index in [9.17, 15) is 8.42 Å². The lowest BCUT2D eigenvalue weighted by molar-refractivity contribution is 0.199. The zero-order valence-corrected chi connectivity index (χ0v) is 13.4. The molecule has 1 unspecified atom stereocenters. The van der Waals surface area contributed by atoms with Crippen LogP contribution in [0.15, 0.2) is 30.3 Å². The second kappa shape index (κ2) is 8.68. The SMILES string of the molecule is COCCCS(=O)(=O)NC(CBr)Cc1ccccc1. The summed E-state index contributed by atoms with van der Waals surface area (Å²) >= 11 is 3.36. The minimum atomic E-state index is -3.25. The number of alkyl halides is 1. The van der Waals surface area contributed by atoms with Gasteiger partial charge < -0.3 is 4.74 Å². The van der Waals surface area contributed by atoms with Crippen LogP contribution in [-0.2, 0) is 21.2 Å². The van der Waals surface area contributed by atoms with Gasteiger partial charge in [-0.3, -0.25) is 0 Å². The van der Waals surface area contributed by atoms with Crippen LogP contribution in [0, 0.1) is 0 Å².